The highest BCUT2D eigenvalue weighted by Gasteiger charge is 2.37. The molecule has 1 unspecified atom stereocenters. The number of hydrogen-bond acceptors (Lipinski definition) is 4. The molecule has 28 heavy (non-hydrogen) atoms. The minimum absolute atomic E-state index is 0.265. The fraction of sp³-hybridized carbons (Fsp3) is 0.333. The lowest BCUT2D eigenvalue weighted by molar-refractivity contribution is -0.145. The maximum Gasteiger partial charge on any atom is 0.314 e. The van der Waals surface area contributed by atoms with E-state index in [1.165, 1.54) is 13.0 Å². The number of morpholine rings is 1. The molecule has 1 aliphatic rings. The number of rotatable bonds is 6. The first-order valence-corrected chi connectivity index (χ1v) is 9.11. The van der Waals surface area contributed by atoms with E-state index in [4.69, 9.17) is 4.74 Å². The number of carbonyl (C=O) groups excluding carboxylic acids is 1. The van der Waals surface area contributed by atoms with Crippen LogP contribution < -0.4 is 10.2 Å². The molecule has 0 radical (unpaired) electrons. The van der Waals surface area contributed by atoms with Gasteiger partial charge >= 0.3 is 5.97 Å². The maximum absolute atomic E-state index is 14.5. The molecule has 0 spiro atoms. The van der Waals surface area contributed by atoms with Crippen molar-refractivity contribution in [2.75, 3.05) is 36.5 Å². The van der Waals surface area contributed by atoms with Crippen molar-refractivity contribution in [3.8, 4) is 0 Å². The van der Waals surface area contributed by atoms with Crippen LogP contribution in [0.25, 0.3) is 0 Å². The average molecular weight is 386 g/mol. The first-order chi connectivity index (χ1) is 13.4. The summed E-state index contributed by atoms with van der Waals surface area (Å²) in [6, 6.07) is 13.1. The molecule has 0 saturated carbocycles. The normalized spacial score (nSPS) is 16.3. The van der Waals surface area contributed by atoms with E-state index in [1.54, 1.807) is 42.5 Å². The van der Waals surface area contributed by atoms with Gasteiger partial charge in [-0.3, -0.25) is 9.59 Å². The molecule has 1 saturated heterocycles. The monoisotopic (exact) mass is 386 g/mol. The van der Waals surface area contributed by atoms with E-state index in [9.17, 15) is 19.1 Å². The van der Waals surface area contributed by atoms with Gasteiger partial charge in [-0.25, -0.2) is 4.39 Å². The van der Waals surface area contributed by atoms with Gasteiger partial charge in [0.1, 0.15) is 5.82 Å². The number of ether oxygens (including phenoxy) is 1. The van der Waals surface area contributed by atoms with Gasteiger partial charge in [0.2, 0.25) is 5.91 Å². The maximum atomic E-state index is 14.5. The van der Waals surface area contributed by atoms with Crippen LogP contribution >= 0.6 is 0 Å². The van der Waals surface area contributed by atoms with Gasteiger partial charge in [0, 0.05) is 25.2 Å². The van der Waals surface area contributed by atoms with Crippen LogP contribution in [0.2, 0.25) is 0 Å². The summed E-state index contributed by atoms with van der Waals surface area (Å²) in [4.78, 5) is 26.2. The molecule has 2 N–H and O–H groups in total. The third-order valence-corrected chi connectivity index (χ3v) is 4.98. The van der Waals surface area contributed by atoms with Gasteiger partial charge in [-0.1, -0.05) is 30.3 Å². The predicted molar refractivity (Wildman–Crippen MR) is 104 cm³/mol. The van der Waals surface area contributed by atoms with Crippen LogP contribution in [0.5, 0.6) is 0 Å². The topological polar surface area (TPSA) is 78.9 Å². The number of anilines is 2. The van der Waals surface area contributed by atoms with Crippen molar-refractivity contribution < 1.29 is 23.8 Å². The molecule has 1 heterocycles. The number of hydrogen-bond donors (Lipinski definition) is 2. The van der Waals surface area contributed by atoms with E-state index < -0.39 is 23.1 Å². The second-order valence-corrected chi connectivity index (χ2v) is 6.99. The van der Waals surface area contributed by atoms with E-state index in [1.807, 2.05) is 4.90 Å². The smallest absolute Gasteiger partial charge is 0.314 e. The highest BCUT2D eigenvalue weighted by molar-refractivity contribution is 5.96. The Kier molecular flexibility index (Phi) is 5.94. The zero-order chi connectivity index (χ0) is 20.1. The molecule has 1 atom stereocenters. The predicted octanol–water partition coefficient (Wildman–Crippen LogP) is 3.03. The molecule has 1 aliphatic heterocycles. The minimum atomic E-state index is -1.38. The lowest BCUT2D eigenvalue weighted by atomic mass is 9.79. The van der Waals surface area contributed by atoms with E-state index in [-0.39, 0.29) is 6.42 Å². The summed E-state index contributed by atoms with van der Waals surface area (Å²) in [5.74, 6) is -2.03. The molecule has 3 rings (SSSR count). The van der Waals surface area contributed by atoms with Crippen molar-refractivity contribution in [2.24, 2.45) is 0 Å². The van der Waals surface area contributed by atoms with E-state index in [0.29, 0.717) is 43.2 Å². The number of halogens is 1. The highest BCUT2D eigenvalue weighted by atomic mass is 19.1. The fourth-order valence-electron chi connectivity index (χ4n) is 3.28. The molecule has 0 bridgehead atoms. The summed E-state index contributed by atoms with van der Waals surface area (Å²) >= 11 is 0. The molecular formula is C21H23FN2O4. The summed E-state index contributed by atoms with van der Waals surface area (Å²) in [5, 5.41) is 12.3. The molecule has 6 nitrogen and oxygen atoms in total. The minimum Gasteiger partial charge on any atom is -0.481 e. The Balaban J connectivity index is 1.71. The van der Waals surface area contributed by atoms with Gasteiger partial charge in [-0.2, -0.15) is 0 Å². The Labute approximate surface area is 162 Å². The molecule has 2 aromatic rings. The zero-order valence-corrected chi connectivity index (χ0v) is 15.7. The number of carboxylic acid groups (broad SMARTS) is 1. The van der Waals surface area contributed by atoms with Crippen LogP contribution in [0, 0.1) is 5.82 Å². The summed E-state index contributed by atoms with van der Waals surface area (Å²) in [6.45, 7) is 3.82. The van der Waals surface area contributed by atoms with E-state index in [2.05, 4.69) is 5.32 Å². The third kappa shape index (κ3) is 4.31. The number of nitrogens with zero attached hydrogens (tertiary/aromatic N) is 1. The van der Waals surface area contributed by atoms with Crippen LogP contribution in [0.3, 0.4) is 0 Å². The Morgan fingerprint density at radius 2 is 1.86 bits per heavy atom. The lowest BCUT2D eigenvalue weighted by Gasteiger charge is -2.29. The summed E-state index contributed by atoms with van der Waals surface area (Å²) in [6.07, 6.45) is -0.265. The number of amides is 1. The molecule has 1 fully saturated rings. The molecule has 7 heteroatoms. The zero-order valence-electron chi connectivity index (χ0n) is 15.7. The average Bonchev–Trinajstić information content (AvgIpc) is 2.69. The lowest BCUT2D eigenvalue weighted by Crippen LogP contribution is -2.37. The number of benzene rings is 2. The van der Waals surface area contributed by atoms with E-state index in [0.717, 1.165) is 0 Å². The highest BCUT2D eigenvalue weighted by Crippen LogP contribution is 2.29. The van der Waals surface area contributed by atoms with E-state index >= 15 is 0 Å². The first-order valence-electron chi connectivity index (χ1n) is 9.11. The Hall–Kier alpha value is -2.93. The molecule has 1 amide bonds. The third-order valence-electron chi connectivity index (χ3n) is 4.98. The van der Waals surface area contributed by atoms with Gasteiger partial charge in [0.05, 0.1) is 24.3 Å². The van der Waals surface area contributed by atoms with Gasteiger partial charge in [-0.05, 0) is 30.7 Å². The standard InChI is InChI=1S/C21H23FN2O4/c1-21(20(26)27,15-5-3-2-4-6-15)14-19(25)23-16-7-8-18(17(22)13-16)24-9-11-28-12-10-24/h2-8,13H,9-12,14H2,1H3,(H,23,25)(H,26,27). The Morgan fingerprint density at radius 1 is 1.18 bits per heavy atom. The molecule has 0 aromatic heterocycles. The summed E-state index contributed by atoms with van der Waals surface area (Å²) < 4.78 is 19.8. The quantitative estimate of drug-likeness (QED) is 0.798. The molecular weight excluding hydrogens is 363 g/mol. The largest absolute Gasteiger partial charge is 0.481 e. The number of carboxylic acids is 1. The Bertz CT molecular complexity index is 853. The van der Waals surface area contributed by atoms with Crippen molar-refractivity contribution >= 4 is 23.3 Å². The van der Waals surface area contributed by atoms with Crippen LogP contribution in [0.4, 0.5) is 15.8 Å². The van der Waals surface area contributed by atoms with Crippen LogP contribution in [-0.4, -0.2) is 43.3 Å². The Morgan fingerprint density at radius 3 is 2.46 bits per heavy atom. The fourth-order valence-corrected chi connectivity index (χ4v) is 3.28. The number of carbonyl (C=O) groups is 2. The second-order valence-electron chi connectivity index (χ2n) is 6.99. The molecule has 148 valence electrons. The van der Waals surface area contributed by atoms with Crippen LogP contribution in [-0.2, 0) is 19.7 Å². The van der Waals surface area contributed by atoms with Crippen molar-refractivity contribution in [2.45, 2.75) is 18.8 Å². The van der Waals surface area contributed by atoms with Crippen LogP contribution in [0.1, 0.15) is 18.9 Å². The van der Waals surface area contributed by atoms with Crippen molar-refractivity contribution in [1.29, 1.82) is 0 Å². The first kappa shape index (κ1) is 19.8. The molecule has 0 aliphatic carbocycles. The van der Waals surface area contributed by atoms with Gasteiger partial charge in [0.15, 0.2) is 0 Å². The number of nitrogens with one attached hydrogen (secondary N) is 1. The van der Waals surface area contributed by atoms with Crippen molar-refractivity contribution in [3.63, 3.8) is 0 Å². The molecule has 2 aromatic carbocycles. The van der Waals surface area contributed by atoms with Crippen molar-refractivity contribution in [1.82, 2.24) is 0 Å². The second kappa shape index (κ2) is 8.39. The summed E-state index contributed by atoms with van der Waals surface area (Å²) in [7, 11) is 0. The van der Waals surface area contributed by atoms with Gasteiger partial charge < -0.3 is 20.1 Å². The van der Waals surface area contributed by atoms with Gasteiger partial charge in [-0.15, -0.1) is 0 Å². The summed E-state index contributed by atoms with van der Waals surface area (Å²) in [5.41, 5.74) is -0.0924. The van der Waals surface area contributed by atoms with Crippen LogP contribution in [0.15, 0.2) is 48.5 Å². The van der Waals surface area contributed by atoms with Crippen molar-refractivity contribution in [3.05, 3.63) is 59.9 Å². The SMILES string of the molecule is CC(CC(=O)Nc1ccc(N2CCOCC2)c(F)c1)(C(=O)O)c1ccccc1. The number of aliphatic carboxylic acids is 1. The van der Waals surface area contributed by atoms with Gasteiger partial charge in [0.25, 0.3) is 0 Å².